The summed E-state index contributed by atoms with van der Waals surface area (Å²) < 4.78 is 0. The molecule has 36 heavy (non-hydrogen) atoms. The molecule has 0 aromatic heterocycles. The molecule has 0 bridgehead atoms. The van der Waals surface area contributed by atoms with Gasteiger partial charge in [0.15, 0.2) is 5.03 Å². The number of carbonyl (C=O) groups is 2. The van der Waals surface area contributed by atoms with E-state index in [0.29, 0.717) is 25.2 Å². The summed E-state index contributed by atoms with van der Waals surface area (Å²) >= 11 is 0. The molecule has 1 aliphatic rings. The second kappa shape index (κ2) is 17.3. The molecule has 0 saturated heterocycles. The molecule has 1 aliphatic carbocycles. The fourth-order valence-electron chi connectivity index (χ4n) is 4.92. The molecular formula is C24H46BN5O6. The largest absolute Gasteiger partial charge is 0.475 e. The Morgan fingerprint density at radius 2 is 1.83 bits per heavy atom. The van der Waals surface area contributed by atoms with E-state index in [4.69, 9.17) is 5.73 Å². The van der Waals surface area contributed by atoms with Gasteiger partial charge in [-0.2, -0.15) is 0 Å². The van der Waals surface area contributed by atoms with E-state index in [0.717, 1.165) is 25.7 Å². The molecule has 0 aromatic rings. The lowest BCUT2D eigenvalue weighted by Crippen LogP contribution is -2.49. The van der Waals surface area contributed by atoms with Crippen molar-refractivity contribution in [2.75, 3.05) is 6.54 Å². The number of hydrogen-bond donors (Lipinski definition) is 5. The summed E-state index contributed by atoms with van der Waals surface area (Å²) in [7, 11) is -1.70. The van der Waals surface area contributed by atoms with Crippen molar-refractivity contribution in [2.24, 2.45) is 34.4 Å². The highest BCUT2D eigenvalue weighted by Crippen LogP contribution is 2.34. The number of carbonyl (C=O) groups excluding carboxylic acids is 2. The molecule has 6 N–H and O–H groups in total. The van der Waals surface area contributed by atoms with E-state index < -0.39 is 29.9 Å². The monoisotopic (exact) mass is 511 g/mol. The minimum absolute atomic E-state index is 0.0458. The quantitative estimate of drug-likeness (QED) is 0.0493. The van der Waals surface area contributed by atoms with Crippen molar-refractivity contribution in [3.63, 3.8) is 0 Å². The Morgan fingerprint density at radius 1 is 1.17 bits per heavy atom. The first-order valence-electron chi connectivity index (χ1n) is 13.4. The Kier molecular flexibility index (Phi) is 15.3. The van der Waals surface area contributed by atoms with E-state index in [1.54, 1.807) is 5.43 Å². The fraction of sp³-hybridized carbons (Fsp3) is 0.875. The molecule has 1 saturated carbocycles. The predicted molar refractivity (Wildman–Crippen MR) is 140 cm³/mol. The first-order chi connectivity index (χ1) is 17.0. The summed E-state index contributed by atoms with van der Waals surface area (Å²) in [6.07, 6.45) is 9.88. The lowest BCUT2D eigenvalue weighted by atomic mass is 9.74. The number of Topliss-reactive ketones (excluding diaryl/α,β-unsaturated/α-hetero) is 1. The normalized spacial score (nSPS) is 20.0. The van der Waals surface area contributed by atoms with Crippen molar-refractivity contribution in [1.29, 1.82) is 0 Å². The second-order valence-corrected chi connectivity index (χ2v) is 10.5. The number of nitrogens with one attached hydrogen (secondary N) is 2. The highest BCUT2D eigenvalue weighted by Gasteiger charge is 2.32. The van der Waals surface area contributed by atoms with Crippen LogP contribution in [-0.2, 0) is 9.59 Å². The zero-order chi connectivity index (χ0) is 27.1. The molecule has 2 atom stereocenters. The van der Waals surface area contributed by atoms with Crippen LogP contribution in [-0.4, -0.2) is 52.3 Å². The predicted octanol–water partition coefficient (Wildman–Crippen LogP) is 2.37. The number of nitrogens with two attached hydrogens (primary N) is 1. The first kappa shape index (κ1) is 31.8. The lowest BCUT2D eigenvalue weighted by molar-refractivity contribution is -0.525. The van der Waals surface area contributed by atoms with Crippen molar-refractivity contribution in [3.8, 4) is 0 Å². The topological polar surface area (TPSA) is 180 Å². The van der Waals surface area contributed by atoms with Crippen LogP contribution < -0.4 is 16.5 Å². The Labute approximate surface area is 215 Å². The van der Waals surface area contributed by atoms with Crippen LogP contribution in [0.3, 0.4) is 0 Å². The Bertz CT molecular complexity index is 713. The van der Waals surface area contributed by atoms with Gasteiger partial charge in [-0.15, -0.1) is 0 Å². The number of nitro groups is 1. The fourth-order valence-corrected chi connectivity index (χ4v) is 4.92. The maximum absolute atomic E-state index is 13.1. The first-order valence-corrected chi connectivity index (χ1v) is 13.4. The smallest absolute Gasteiger partial charge is 0.426 e. The maximum Gasteiger partial charge on any atom is 0.475 e. The van der Waals surface area contributed by atoms with Gasteiger partial charge in [-0.1, -0.05) is 51.9 Å². The van der Waals surface area contributed by atoms with Gasteiger partial charge >= 0.3 is 7.12 Å². The lowest BCUT2D eigenvalue weighted by Gasteiger charge is -2.29. The maximum atomic E-state index is 13.1. The third-order valence-electron chi connectivity index (χ3n) is 6.95. The minimum Gasteiger partial charge on any atom is -0.426 e. The highest BCUT2D eigenvalue weighted by atomic mass is 16.7. The van der Waals surface area contributed by atoms with E-state index in [9.17, 15) is 29.8 Å². The number of ketones is 1. The van der Waals surface area contributed by atoms with Gasteiger partial charge in [0.05, 0.1) is 5.94 Å². The number of hydrogen-bond acceptors (Lipinski definition) is 7. The number of aliphatic imine (C=N–C) groups is 1. The number of nitrogens with zero attached hydrogens (tertiary/aromatic N) is 2. The summed E-state index contributed by atoms with van der Waals surface area (Å²) in [4.78, 5) is 40.5. The van der Waals surface area contributed by atoms with Gasteiger partial charge in [0.25, 0.3) is 5.96 Å². The number of amides is 1. The molecule has 0 radical (unpaired) electrons. The van der Waals surface area contributed by atoms with Crippen LogP contribution in [0.25, 0.3) is 0 Å². The van der Waals surface area contributed by atoms with Gasteiger partial charge in [0.2, 0.25) is 5.91 Å². The van der Waals surface area contributed by atoms with E-state index >= 15 is 0 Å². The van der Waals surface area contributed by atoms with Crippen molar-refractivity contribution >= 4 is 24.8 Å². The van der Waals surface area contributed by atoms with Crippen molar-refractivity contribution < 1.29 is 24.7 Å². The average molecular weight is 511 g/mol. The van der Waals surface area contributed by atoms with Gasteiger partial charge < -0.3 is 21.1 Å². The zero-order valence-corrected chi connectivity index (χ0v) is 22.2. The van der Waals surface area contributed by atoms with Crippen LogP contribution in [0.15, 0.2) is 4.99 Å². The van der Waals surface area contributed by atoms with E-state index in [1.165, 1.54) is 25.7 Å². The van der Waals surface area contributed by atoms with E-state index in [2.05, 4.69) is 17.2 Å². The summed E-state index contributed by atoms with van der Waals surface area (Å²) in [5.41, 5.74) is 7.20. The van der Waals surface area contributed by atoms with E-state index in [-0.39, 0.29) is 36.5 Å². The molecule has 12 heteroatoms. The molecule has 0 heterocycles. The van der Waals surface area contributed by atoms with Crippen LogP contribution in [0, 0.1) is 33.8 Å². The van der Waals surface area contributed by atoms with Crippen LogP contribution >= 0.6 is 0 Å². The second-order valence-electron chi connectivity index (χ2n) is 10.5. The molecule has 1 amide bonds. The molecule has 0 aromatic carbocycles. The average Bonchev–Trinajstić information content (AvgIpc) is 2.80. The molecule has 0 unspecified atom stereocenters. The SMILES string of the molecule is CCCCCC1CCC(C(=O)C[C@@H](CCCN=C(N)N[N+](=O)[O-])C(=O)N[C@@H](CC(C)C)B(O)O)CC1. The van der Waals surface area contributed by atoms with Crippen LogP contribution in [0.5, 0.6) is 0 Å². The van der Waals surface area contributed by atoms with Gasteiger partial charge in [-0.05, 0) is 56.8 Å². The van der Waals surface area contributed by atoms with Crippen molar-refractivity contribution in [1.82, 2.24) is 10.7 Å². The molecular weight excluding hydrogens is 465 g/mol. The van der Waals surface area contributed by atoms with Gasteiger partial charge in [-0.25, -0.2) is 15.1 Å². The van der Waals surface area contributed by atoms with Crippen LogP contribution in [0.1, 0.15) is 97.8 Å². The van der Waals surface area contributed by atoms with Crippen LogP contribution in [0.4, 0.5) is 0 Å². The standard InChI is InChI=1S/C24H46BN5O6/c1-4-5-6-8-18-10-12-19(13-11-18)21(31)16-20(9-7-14-27-24(26)29-30(35)36)23(32)28-22(25(33)34)15-17(2)3/h17-20,22,33-34H,4-16H2,1-3H3,(H,28,32)(H3,26,27,29)/t18?,19?,20-,22+/m1/s1. The number of rotatable bonds is 17. The molecule has 206 valence electrons. The molecule has 0 aliphatic heterocycles. The number of guanidine groups is 1. The van der Waals surface area contributed by atoms with Crippen LogP contribution in [0.2, 0.25) is 0 Å². The summed E-state index contributed by atoms with van der Waals surface area (Å²) in [6.45, 7) is 6.19. The van der Waals surface area contributed by atoms with Gasteiger partial charge in [-0.3, -0.25) is 9.59 Å². The van der Waals surface area contributed by atoms with E-state index in [1.807, 2.05) is 13.8 Å². The molecule has 11 nitrogen and oxygen atoms in total. The minimum atomic E-state index is -1.70. The Balaban J connectivity index is 2.75. The van der Waals surface area contributed by atoms with Crippen molar-refractivity contribution in [3.05, 3.63) is 10.1 Å². The molecule has 1 fully saturated rings. The molecule has 1 rings (SSSR count). The van der Waals surface area contributed by atoms with Gasteiger partial charge in [0, 0.05) is 24.8 Å². The summed E-state index contributed by atoms with van der Waals surface area (Å²) in [6, 6.07) is 0. The third-order valence-corrected chi connectivity index (χ3v) is 6.95. The Morgan fingerprint density at radius 3 is 2.39 bits per heavy atom. The zero-order valence-electron chi connectivity index (χ0n) is 22.2. The number of unbranched alkanes of at least 4 members (excludes halogenated alkanes) is 2. The summed E-state index contributed by atoms with van der Waals surface area (Å²) in [5, 5.41) is 31.8. The number of hydrazine groups is 1. The van der Waals surface area contributed by atoms with Crippen molar-refractivity contribution in [2.45, 2.75) is 104 Å². The Hall–Kier alpha value is -2.21. The summed E-state index contributed by atoms with van der Waals surface area (Å²) in [5.74, 6) is -1.35. The third kappa shape index (κ3) is 13.2. The van der Waals surface area contributed by atoms with Gasteiger partial charge in [0.1, 0.15) is 5.78 Å². The molecule has 0 spiro atoms. The highest BCUT2D eigenvalue weighted by molar-refractivity contribution is 6.43.